The molecule has 0 aromatic heterocycles. The zero-order valence-electron chi connectivity index (χ0n) is 15.2. The molecule has 1 unspecified atom stereocenters. The van der Waals surface area contributed by atoms with E-state index in [1.165, 1.54) is 5.56 Å². The maximum Gasteiger partial charge on any atom is 0.231 e. The number of anilines is 1. The summed E-state index contributed by atoms with van der Waals surface area (Å²) in [5.74, 6) is 0.0196. The van der Waals surface area contributed by atoms with Crippen molar-refractivity contribution in [2.24, 2.45) is 11.1 Å². The lowest BCUT2D eigenvalue weighted by atomic mass is 9.81. The van der Waals surface area contributed by atoms with E-state index in [0.29, 0.717) is 12.6 Å². The minimum Gasteiger partial charge on any atom is -0.379 e. The maximum atomic E-state index is 12.7. The summed E-state index contributed by atoms with van der Waals surface area (Å²) < 4.78 is 5.43. The number of carbonyl (C=O) groups is 1. The molecule has 1 fully saturated rings. The zero-order chi connectivity index (χ0) is 17.6. The van der Waals surface area contributed by atoms with Crippen molar-refractivity contribution in [2.75, 3.05) is 38.2 Å². The summed E-state index contributed by atoms with van der Waals surface area (Å²) in [5, 5.41) is 3.07. The highest BCUT2D eigenvalue weighted by molar-refractivity contribution is 5.95. The Morgan fingerprint density at radius 2 is 2.00 bits per heavy atom. The number of ether oxygens (including phenoxy) is 1. The lowest BCUT2D eigenvalue weighted by Gasteiger charge is -2.33. The molecule has 0 bridgehead atoms. The molecule has 1 saturated heterocycles. The summed E-state index contributed by atoms with van der Waals surface area (Å²) >= 11 is 0. The summed E-state index contributed by atoms with van der Waals surface area (Å²) in [5.41, 5.74) is 7.45. The van der Waals surface area contributed by atoms with Crippen LogP contribution in [0.1, 0.15) is 45.2 Å². The van der Waals surface area contributed by atoms with E-state index in [2.05, 4.69) is 29.3 Å². The van der Waals surface area contributed by atoms with Gasteiger partial charge in [-0.3, -0.25) is 9.69 Å². The molecule has 0 spiro atoms. The molecule has 1 heterocycles. The van der Waals surface area contributed by atoms with E-state index in [-0.39, 0.29) is 5.91 Å². The molecule has 2 rings (SSSR count). The van der Waals surface area contributed by atoms with Gasteiger partial charge in [-0.2, -0.15) is 0 Å². The fraction of sp³-hybridized carbons (Fsp3) is 0.632. The van der Waals surface area contributed by atoms with Gasteiger partial charge >= 0.3 is 0 Å². The highest BCUT2D eigenvalue weighted by Gasteiger charge is 2.33. The standard InChI is InChI=1S/C19H31N3O2/c1-4-19(5-2,14-20)18(23)21-17-8-6-7-16(13-17)15(3)22-9-11-24-12-10-22/h6-8,13,15H,4-5,9-12,14,20H2,1-3H3,(H,21,23). The average Bonchev–Trinajstić information content (AvgIpc) is 2.64. The third-order valence-electron chi connectivity index (χ3n) is 5.45. The summed E-state index contributed by atoms with van der Waals surface area (Å²) in [4.78, 5) is 15.1. The predicted octanol–water partition coefficient (Wildman–Crippen LogP) is 2.78. The van der Waals surface area contributed by atoms with Gasteiger partial charge in [-0.25, -0.2) is 0 Å². The number of amides is 1. The number of morpholine rings is 1. The van der Waals surface area contributed by atoms with Crippen molar-refractivity contribution in [3.63, 3.8) is 0 Å². The molecule has 0 aliphatic carbocycles. The highest BCUT2D eigenvalue weighted by atomic mass is 16.5. The Hall–Kier alpha value is -1.43. The van der Waals surface area contributed by atoms with Gasteiger partial charge in [0.15, 0.2) is 0 Å². The van der Waals surface area contributed by atoms with Gasteiger partial charge < -0.3 is 15.8 Å². The number of rotatable bonds is 7. The number of hydrogen-bond donors (Lipinski definition) is 2. The molecule has 134 valence electrons. The van der Waals surface area contributed by atoms with Crippen molar-refractivity contribution in [1.82, 2.24) is 4.90 Å². The highest BCUT2D eigenvalue weighted by Crippen LogP contribution is 2.28. The van der Waals surface area contributed by atoms with Crippen molar-refractivity contribution in [3.05, 3.63) is 29.8 Å². The third kappa shape index (κ3) is 4.15. The normalized spacial score (nSPS) is 17.5. The largest absolute Gasteiger partial charge is 0.379 e. The van der Waals surface area contributed by atoms with Gasteiger partial charge in [0.2, 0.25) is 5.91 Å². The van der Waals surface area contributed by atoms with Crippen LogP contribution in [0, 0.1) is 5.41 Å². The number of nitrogens with one attached hydrogen (secondary N) is 1. The quantitative estimate of drug-likeness (QED) is 0.805. The molecule has 1 atom stereocenters. The minimum absolute atomic E-state index is 0.0196. The van der Waals surface area contributed by atoms with E-state index in [0.717, 1.165) is 44.8 Å². The molecule has 5 nitrogen and oxygen atoms in total. The fourth-order valence-corrected chi connectivity index (χ4v) is 3.27. The van der Waals surface area contributed by atoms with E-state index in [1.54, 1.807) is 0 Å². The van der Waals surface area contributed by atoms with E-state index >= 15 is 0 Å². The van der Waals surface area contributed by atoms with Gasteiger partial charge in [-0.15, -0.1) is 0 Å². The Morgan fingerprint density at radius 1 is 1.33 bits per heavy atom. The lowest BCUT2D eigenvalue weighted by molar-refractivity contribution is -0.125. The fourth-order valence-electron chi connectivity index (χ4n) is 3.27. The molecular weight excluding hydrogens is 302 g/mol. The first kappa shape index (κ1) is 18.9. The van der Waals surface area contributed by atoms with Crippen LogP contribution in [0.5, 0.6) is 0 Å². The monoisotopic (exact) mass is 333 g/mol. The van der Waals surface area contributed by atoms with Crippen molar-refractivity contribution in [3.8, 4) is 0 Å². The van der Waals surface area contributed by atoms with Gasteiger partial charge in [0.1, 0.15) is 0 Å². The van der Waals surface area contributed by atoms with Crippen LogP contribution < -0.4 is 11.1 Å². The number of nitrogens with zero attached hydrogens (tertiary/aromatic N) is 1. The number of carbonyl (C=O) groups excluding carboxylic acids is 1. The minimum atomic E-state index is -0.480. The Kier molecular flexibility index (Phi) is 6.78. The van der Waals surface area contributed by atoms with Gasteiger partial charge in [0.25, 0.3) is 0 Å². The maximum absolute atomic E-state index is 12.7. The smallest absolute Gasteiger partial charge is 0.231 e. The zero-order valence-corrected chi connectivity index (χ0v) is 15.2. The number of benzene rings is 1. The first-order valence-corrected chi connectivity index (χ1v) is 8.99. The van der Waals surface area contributed by atoms with Crippen LogP contribution >= 0.6 is 0 Å². The van der Waals surface area contributed by atoms with Crippen LogP contribution in [0.2, 0.25) is 0 Å². The molecule has 0 saturated carbocycles. The van der Waals surface area contributed by atoms with Gasteiger partial charge in [-0.1, -0.05) is 26.0 Å². The van der Waals surface area contributed by atoms with Crippen LogP contribution in [-0.2, 0) is 9.53 Å². The molecule has 1 aliphatic rings. The topological polar surface area (TPSA) is 67.6 Å². The molecule has 1 aromatic rings. The summed E-state index contributed by atoms with van der Waals surface area (Å²) in [7, 11) is 0. The Bertz CT molecular complexity index is 529. The lowest BCUT2D eigenvalue weighted by Crippen LogP contribution is -2.41. The molecular formula is C19H31N3O2. The van der Waals surface area contributed by atoms with Crippen LogP contribution in [0.15, 0.2) is 24.3 Å². The van der Waals surface area contributed by atoms with Crippen LogP contribution in [0.4, 0.5) is 5.69 Å². The molecule has 1 aromatic carbocycles. The van der Waals surface area contributed by atoms with E-state index in [1.807, 2.05) is 26.0 Å². The van der Waals surface area contributed by atoms with Crippen LogP contribution in [0.3, 0.4) is 0 Å². The van der Waals surface area contributed by atoms with Crippen molar-refractivity contribution >= 4 is 11.6 Å². The van der Waals surface area contributed by atoms with Crippen molar-refractivity contribution in [2.45, 2.75) is 39.7 Å². The summed E-state index contributed by atoms with van der Waals surface area (Å²) in [6.07, 6.45) is 1.49. The summed E-state index contributed by atoms with van der Waals surface area (Å²) in [6, 6.07) is 8.45. The van der Waals surface area contributed by atoms with Crippen LogP contribution in [-0.4, -0.2) is 43.7 Å². The molecule has 1 amide bonds. The Labute approximate surface area is 145 Å². The first-order valence-electron chi connectivity index (χ1n) is 8.99. The number of nitrogens with two attached hydrogens (primary N) is 1. The molecule has 1 aliphatic heterocycles. The second-order valence-electron chi connectivity index (χ2n) is 6.60. The van der Waals surface area contributed by atoms with Gasteiger partial charge in [0.05, 0.1) is 18.6 Å². The third-order valence-corrected chi connectivity index (χ3v) is 5.45. The van der Waals surface area contributed by atoms with E-state index in [9.17, 15) is 4.79 Å². The molecule has 0 radical (unpaired) electrons. The van der Waals surface area contributed by atoms with Gasteiger partial charge in [-0.05, 0) is 37.5 Å². The SMILES string of the molecule is CCC(CC)(CN)C(=O)Nc1cccc(C(C)N2CCOCC2)c1. The molecule has 5 heteroatoms. The molecule has 3 N–H and O–H groups in total. The van der Waals surface area contributed by atoms with Crippen molar-refractivity contribution in [1.29, 1.82) is 0 Å². The number of hydrogen-bond acceptors (Lipinski definition) is 4. The van der Waals surface area contributed by atoms with E-state index < -0.39 is 5.41 Å². The van der Waals surface area contributed by atoms with Gasteiger partial charge in [0, 0.05) is 31.4 Å². The Morgan fingerprint density at radius 3 is 2.58 bits per heavy atom. The van der Waals surface area contributed by atoms with Crippen LogP contribution in [0.25, 0.3) is 0 Å². The van der Waals surface area contributed by atoms with Crippen molar-refractivity contribution < 1.29 is 9.53 Å². The first-order chi connectivity index (χ1) is 11.6. The predicted molar refractivity (Wildman–Crippen MR) is 97.9 cm³/mol. The van der Waals surface area contributed by atoms with E-state index in [4.69, 9.17) is 10.5 Å². The second kappa shape index (κ2) is 8.60. The Balaban J connectivity index is 2.11. The second-order valence-corrected chi connectivity index (χ2v) is 6.60. The average molecular weight is 333 g/mol. The molecule has 24 heavy (non-hydrogen) atoms. The summed E-state index contributed by atoms with van der Waals surface area (Å²) in [6.45, 7) is 10.1.